The van der Waals surface area contributed by atoms with E-state index in [0.29, 0.717) is 6.54 Å². The highest BCUT2D eigenvalue weighted by molar-refractivity contribution is 7.90. The molecular formula is C16H26BN3O5S. The summed E-state index contributed by atoms with van der Waals surface area (Å²) in [6.45, 7) is 0.722. The van der Waals surface area contributed by atoms with Crippen LogP contribution in [-0.4, -0.2) is 70.2 Å². The van der Waals surface area contributed by atoms with Crippen LogP contribution in [0.1, 0.15) is 18.4 Å². The number of rotatable bonds is 7. The van der Waals surface area contributed by atoms with Crippen molar-refractivity contribution in [1.29, 1.82) is 0 Å². The number of nitrogens with zero attached hydrogens (tertiary/aromatic N) is 2. The number of nitrogens with one attached hydrogen (secondary N) is 1. The van der Waals surface area contributed by atoms with Gasteiger partial charge in [0.1, 0.15) is 16.5 Å². The molecule has 1 heterocycles. The lowest BCUT2D eigenvalue weighted by atomic mass is 9.76. The van der Waals surface area contributed by atoms with Gasteiger partial charge in [-0.05, 0) is 24.8 Å². The van der Waals surface area contributed by atoms with Crippen molar-refractivity contribution < 1.29 is 23.8 Å². The van der Waals surface area contributed by atoms with E-state index in [4.69, 9.17) is 4.74 Å². The first-order valence-corrected chi connectivity index (χ1v) is 10.4. The molecule has 1 aromatic rings. The third kappa shape index (κ3) is 5.70. The molecular weight excluding hydrogens is 357 g/mol. The third-order valence-electron chi connectivity index (χ3n) is 4.47. The van der Waals surface area contributed by atoms with E-state index in [1.807, 2.05) is 30.3 Å². The maximum atomic E-state index is 12.4. The van der Waals surface area contributed by atoms with Crippen molar-refractivity contribution in [3.8, 4) is 0 Å². The molecule has 144 valence electrons. The van der Waals surface area contributed by atoms with E-state index in [1.165, 1.54) is 7.05 Å². The molecule has 1 amide bonds. The Balaban J connectivity index is 1.89. The predicted octanol–water partition coefficient (Wildman–Crippen LogP) is 0.443. The Bertz CT molecular complexity index is 709. The molecule has 1 saturated heterocycles. The van der Waals surface area contributed by atoms with Gasteiger partial charge in [-0.3, -0.25) is 0 Å². The molecule has 0 saturated carbocycles. The molecule has 2 rings (SSSR count). The summed E-state index contributed by atoms with van der Waals surface area (Å²) in [5.74, 6) is -0.884. The van der Waals surface area contributed by atoms with Gasteiger partial charge in [0.2, 0.25) is 0 Å². The van der Waals surface area contributed by atoms with Gasteiger partial charge >= 0.3 is 13.2 Å². The van der Waals surface area contributed by atoms with Crippen molar-refractivity contribution in [2.75, 3.05) is 26.5 Å². The van der Waals surface area contributed by atoms with Gasteiger partial charge in [-0.15, -0.1) is 0 Å². The smallest absolute Gasteiger partial charge is 0.448 e. The highest BCUT2D eigenvalue weighted by Gasteiger charge is 2.32. The normalized spacial score (nSPS) is 20.8. The van der Waals surface area contributed by atoms with Crippen LogP contribution in [0, 0.1) is 0 Å². The van der Waals surface area contributed by atoms with Crippen molar-refractivity contribution in [2.45, 2.75) is 31.2 Å². The maximum Gasteiger partial charge on any atom is 0.475 e. The number of hydrogen-bond acceptors (Lipinski definition) is 6. The molecule has 1 aliphatic heterocycles. The van der Waals surface area contributed by atoms with Crippen LogP contribution in [0.5, 0.6) is 0 Å². The summed E-state index contributed by atoms with van der Waals surface area (Å²) in [7, 11) is -2.65. The summed E-state index contributed by atoms with van der Waals surface area (Å²) in [5.41, 5.74) is 0.864. The average molecular weight is 383 g/mol. The van der Waals surface area contributed by atoms with Gasteiger partial charge in [0, 0.05) is 19.8 Å². The predicted molar refractivity (Wildman–Crippen MR) is 101 cm³/mol. The van der Waals surface area contributed by atoms with Crippen molar-refractivity contribution in [2.24, 2.45) is 4.36 Å². The number of ether oxygens (including phenoxy) is 1. The topological polar surface area (TPSA) is 111 Å². The summed E-state index contributed by atoms with van der Waals surface area (Å²) >= 11 is 0. The van der Waals surface area contributed by atoms with Crippen LogP contribution >= 0.6 is 0 Å². The number of amides is 1. The first kappa shape index (κ1) is 20.7. The molecule has 0 radical (unpaired) electrons. The minimum absolute atomic E-state index is 0.0752. The van der Waals surface area contributed by atoms with Crippen molar-refractivity contribution in [3.63, 3.8) is 0 Å². The number of benzene rings is 1. The zero-order valence-electron chi connectivity index (χ0n) is 15.1. The minimum Gasteiger partial charge on any atom is -0.448 e. The summed E-state index contributed by atoms with van der Waals surface area (Å²) in [4.78, 5) is 12.1. The zero-order valence-corrected chi connectivity index (χ0v) is 15.9. The summed E-state index contributed by atoms with van der Waals surface area (Å²) < 4.78 is 23.3. The molecule has 3 N–H and O–H groups in total. The van der Waals surface area contributed by atoms with Crippen LogP contribution in [0.25, 0.3) is 0 Å². The number of carbonyl (C=O) groups is 1. The monoisotopic (exact) mass is 383 g/mol. The maximum absolute atomic E-state index is 12.4. The minimum atomic E-state index is -2.46. The van der Waals surface area contributed by atoms with Crippen molar-refractivity contribution in [1.82, 2.24) is 9.62 Å². The lowest BCUT2D eigenvalue weighted by molar-refractivity contribution is 0.123. The van der Waals surface area contributed by atoms with Crippen LogP contribution in [0.15, 0.2) is 34.7 Å². The Hall–Kier alpha value is -1.62. The Labute approximate surface area is 155 Å². The molecule has 10 heteroatoms. The number of carbonyl (C=O) groups excluding carboxylic acids is 1. The van der Waals surface area contributed by atoms with E-state index in [-0.39, 0.29) is 19.1 Å². The standard InChI is InChI=1S/C16H26BN3O5S/c1-18-26(2,24)20-10-6-9-14(20)12-25-16(21)19-15(17(22)23)11-13-7-4-3-5-8-13/h3-5,7-8,14-15,22-23H,6,9-12H2,1-2H3,(H,19,21)/t14-,15+,26?/m1/s1. The summed E-state index contributed by atoms with van der Waals surface area (Å²) in [5, 5.41) is 21.5. The number of hydrogen-bond donors (Lipinski definition) is 3. The lowest BCUT2D eigenvalue weighted by Gasteiger charge is -2.25. The molecule has 0 bridgehead atoms. The lowest BCUT2D eigenvalue weighted by Crippen LogP contribution is -2.48. The second kappa shape index (κ2) is 9.36. The fourth-order valence-electron chi connectivity index (χ4n) is 2.99. The van der Waals surface area contributed by atoms with Gasteiger partial charge in [-0.1, -0.05) is 30.3 Å². The Morgan fingerprint density at radius 3 is 2.77 bits per heavy atom. The first-order chi connectivity index (χ1) is 12.3. The fraction of sp³-hybridized carbons (Fsp3) is 0.562. The van der Waals surface area contributed by atoms with Gasteiger partial charge < -0.3 is 20.1 Å². The highest BCUT2D eigenvalue weighted by Crippen LogP contribution is 2.21. The number of alkyl carbamates (subject to hydrolysis) is 1. The Kier molecular flexibility index (Phi) is 7.45. The molecule has 1 aliphatic rings. The van der Waals surface area contributed by atoms with Crippen LogP contribution in [0.2, 0.25) is 0 Å². The second-order valence-corrected chi connectivity index (χ2v) is 8.69. The summed E-state index contributed by atoms with van der Waals surface area (Å²) in [6, 6.07) is 9.05. The van der Waals surface area contributed by atoms with E-state index >= 15 is 0 Å². The van der Waals surface area contributed by atoms with Crippen LogP contribution < -0.4 is 5.32 Å². The van der Waals surface area contributed by atoms with Gasteiger partial charge in [0.25, 0.3) is 0 Å². The van der Waals surface area contributed by atoms with Crippen molar-refractivity contribution in [3.05, 3.63) is 35.9 Å². The van der Waals surface area contributed by atoms with Gasteiger partial charge in [0.05, 0.1) is 12.0 Å². The van der Waals surface area contributed by atoms with Crippen LogP contribution in [0.3, 0.4) is 0 Å². The van der Waals surface area contributed by atoms with E-state index in [1.54, 1.807) is 10.6 Å². The molecule has 0 aliphatic carbocycles. The Morgan fingerprint density at radius 1 is 1.46 bits per heavy atom. The molecule has 0 aromatic heterocycles. The van der Waals surface area contributed by atoms with Gasteiger partial charge in [-0.25, -0.2) is 17.7 Å². The first-order valence-electron chi connectivity index (χ1n) is 8.54. The fourth-order valence-corrected chi connectivity index (χ4v) is 4.39. The third-order valence-corrected chi connectivity index (χ3v) is 6.49. The van der Waals surface area contributed by atoms with Crippen LogP contribution in [-0.2, 0) is 21.1 Å². The molecule has 3 atom stereocenters. The Morgan fingerprint density at radius 2 is 2.15 bits per heavy atom. The molecule has 1 aromatic carbocycles. The quantitative estimate of drug-likeness (QED) is 0.592. The molecule has 1 fully saturated rings. The van der Waals surface area contributed by atoms with E-state index in [2.05, 4.69) is 9.68 Å². The molecule has 26 heavy (non-hydrogen) atoms. The average Bonchev–Trinajstić information content (AvgIpc) is 3.10. The highest BCUT2D eigenvalue weighted by atomic mass is 32.2. The van der Waals surface area contributed by atoms with E-state index < -0.39 is 29.1 Å². The second-order valence-electron chi connectivity index (χ2n) is 6.33. The van der Waals surface area contributed by atoms with Crippen molar-refractivity contribution >= 4 is 23.1 Å². The van der Waals surface area contributed by atoms with E-state index in [9.17, 15) is 19.1 Å². The van der Waals surface area contributed by atoms with E-state index in [0.717, 1.165) is 18.4 Å². The molecule has 8 nitrogen and oxygen atoms in total. The largest absolute Gasteiger partial charge is 0.475 e. The summed E-state index contributed by atoms with van der Waals surface area (Å²) in [6.07, 6.45) is 2.73. The van der Waals surface area contributed by atoms with Gasteiger partial charge in [0.15, 0.2) is 0 Å². The zero-order chi connectivity index (χ0) is 19.2. The van der Waals surface area contributed by atoms with Gasteiger partial charge in [-0.2, -0.15) is 0 Å². The SMILES string of the molecule is CN=S(C)(=O)N1CCC[C@@H]1COC(=O)N[C@@H](Cc1ccccc1)B(O)O. The molecule has 1 unspecified atom stereocenters. The van der Waals surface area contributed by atoms with Crippen LogP contribution in [0.4, 0.5) is 4.79 Å². The molecule has 0 spiro atoms.